The van der Waals surface area contributed by atoms with Crippen LogP contribution in [0.1, 0.15) is 11.1 Å². The SMILES string of the molecule is O=C(CSc1nnc2c3ccccc3n(Cc3ccc(Br)cc3)c2n1)NCCc1ccccc1. The number of halogens is 1. The first-order valence-electron chi connectivity index (χ1n) is 11.0. The second-order valence-electron chi connectivity index (χ2n) is 7.87. The molecule has 0 aliphatic rings. The number of hydrogen-bond acceptors (Lipinski definition) is 5. The molecule has 5 aromatic rings. The average molecular weight is 532 g/mol. The highest BCUT2D eigenvalue weighted by atomic mass is 79.9. The van der Waals surface area contributed by atoms with Crippen LogP contribution in [0.5, 0.6) is 0 Å². The second-order valence-corrected chi connectivity index (χ2v) is 9.73. The molecule has 0 spiro atoms. The number of rotatable bonds is 8. The quantitative estimate of drug-likeness (QED) is 0.277. The zero-order valence-corrected chi connectivity index (χ0v) is 20.7. The minimum Gasteiger partial charge on any atom is -0.355 e. The van der Waals surface area contributed by atoms with Crippen LogP contribution in [0.3, 0.4) is 0 Å². The molecule has 6 nitrogen and oxygen atoms in total. The summed E-state index contributed by atoms with van der Waals surface area (Å²) in [6.45, 7) is 1.27. The normalized spacial score (nSPS) is 11.2. The number of aromatic nitrogens is 4. The Morgan fingerprint density at radius 3 is 2.50 bits per heavy atom. The van der Waals surface area contributed by atoms with Crippen molar-refractivity contribution >= 4 is 55.7 Å². The predicted molar refractivity (Wildman–Crippen MR) is 140 cm³/mol. The molecular formula is C26H22BrN5OS. The van der Waals surface area contributed by atoms with E-state index in [0.29, 0.717) is 18.2 Å². The summed E-state index contributed by atoms with van der Waals surface area (Å²) in [4.78, 5) is 17.1. The summed E-state index contributed by atoms with van der Waals surface area (Å²) < 4.78 is 3.20. The summed E-state index contributed by atoms with van der Waals surface area (Å²) in [5.41, 5.74) is 4.96. The van der Waals surface area contributed by atoms with Crippen LogP contribution in [0.15, 0.2) is 88.5 Å². The number of benzene rings is 3. The monoisotopic (exact) mass is 531 g/mol. The van der Waals surface area contributed by atoms with Crippen molar-refractivity contribution in [2.24, 2.45) is 0 Å². The fourth-order valence-corrected chi connectivity index (χ4v) is 4.73. The number of carbonyl (C=O) groups excluding carboxylic acids is 1. The third-order valence-corrected chi connectivity index (χ3v) is 6.89. The van der Waals surface area contributed by atoms with Crippen LogP contribution in [0.25, 0.3) is 22.1 Å². The van der Waals surface area contributed by atoms with Crippen LogP contribution in [-0.2, 0) is 17.8 Å². The van der Waals surface area contributed by atoms with Crippen LogP contribution in [0.4, 0.5) is 0 Å². The molecule has 1 amide bonds. The predicted octanol–water partition coefficient (Wildman–Crippen LogP) is 5.24. The molecule has 5 rings (SSSR count). The van der Waals surface area contributed by atoms with E-state index < -0.39 is 0 Å². The highest BCUT2D eigenvalue weighted by Crippen LogP contribution is 2.28. The first kappa shape index (κ1) is 22.6. The molecule has 0 fully saturated rings. The smallest absolute Gasteiger partial charge is 0.230 e. The molecule has 0 atom stereocenters. The number of para-hydroxylation sites is 1. The molecule has 34 heavy (non-hydrogen) atoms. The molecule has 0 aliphatic carbocycles. The molecule has 2 heterocycles. The van der Waals surface area contributed by atoms with Crippen LogP contribution >= 0.6 is 27.7 Å². The third-order valence-electron chi connectivity index (χ3n) is 5.52. The summed E-state index contributed by atoms with van der Waals surface area (Å²) in [6, 6.07) is 26.5. The molecule has 170 valence electrons. The molecule has 0 bridgehead atoms. The molecule has 8 heteroatoms. The lowest BCUT2D eigenvalue weighted by Gasteiger charge is -2.08. The van der Waals surface area contributed by atoms with Gasteiger partial charge in [0.2, 0.25) is 11.1 Å². The van der Waals surface area contributed by atoms with Gasteiger partial charge in [0, 0.05) is 22.9 Å². The Hall–Kier alpha value is -3.23. The lowest BCUT2D eigenvalue weighted by atomic mass is 10.1. The topological polar surface area (TPSA) is 72.7 Å². The zero-order valence-electron chi connectivity index (χ0n) is 18.3. The van der Waals surface area contributed by atoms with Gasteiger partial charge in [-0.05, 0) is 35.7 Å². The van der Waals surface area contributed by atoms with Gasteiger partial charge in [-0.25, -0.2) is 4.98 Å². The highest BCUT2D eigenvalue weighted by molar-refractivity contribution is 9.10. The van der Waals surface area contributed by atoms with Crippen LogP contribution < -0.4 is 5.32 Å². The van der Waals surface area contributed by atoms with Crippen molar-refractivity contribution < 1.29 is 4.79 Å². The lowest BCUT2D eigenvalue weighted by Crippen LogP contribution is -2.27. The van der Waals surface area contributed by atoms with E-state index in [-0.39, 0.29) is 11.7 Å². The van der Waals surface area contributed by atoms with Gasteiger partial charge in [0.05, 0.1) is 11.3 Å². The summed E-state index contributed by atoms with van der Waals surface area (Å²) in [7, 11) is 0. The van der Waals surface area contributed by atoms with Gasteiger partial charge in [-0.2, -0.15) is 0 Å². The first-order chi connectivity index (χ1) is 16.7. The van der Waals surface area contributed by atoms with E-state index in [0.717, 1.165) is 38.5 Å². The summed E-state index contributed by atoms with van der Waals surface area (Å²) >= 11 is 4.80. The van der Waals surface area contributed by atoms with E-state index in [4.69, 9.17) is 4.98 Å². The van der Waals surface area contributed by atoms with Gasteiger partial charge >= 0.3 is 0 Å². The fraction of sp³-hybridized carbons (Fsp3) is 0.154. The molecule has 0 aliphatic heterocycles. The minimum atomic E-state index is -0.0416. The fourth-order valence-electron chi connectivity index (χ4n) is 3.85. The van der Waals surface area contributed by atoms with Gasteiger partial charge in [-0.1, -0.05) is 88.4 Å². The molecule has 0 radical (unpaired) electrons. The van der Waals surface area contributed by atoms with E-state index >= 15 is 0 Å². The van der Waals surface area contributed by atoms with E-state index in [1.54, 1.807) is 0 Å². The van der Waals surface area contributed by atoms with E-state index in [1.165, 1.54) is 17.3 Å². The number of thioether (sulfide) groups is 1. The van der Waals surface area contributed by atoms with Gasteiger partial charge in [-0.3, -0.25) is 4.79 Å². The Labute approximate surface area is 209 Å². The van der Waals surface area contributed by atoms with Crippen LogP contribution in [0, 0.1) is 0 Å². The number of amides is 1. The number of carbonyl (C=O) groups is 1. The van der Waals surface area contributed by atoms with Crippen molar-refractivity contribution in [2.45, 2.75) is 18.1 Å². The number of fused-ring (bicyclic) bond motifs is 3. The molecule has 0 saturated carbocycles. The van der Waals surface area contributed by atoms with Crippen molar-refractivity contribution in [3.05, 3.63) is 94.5 Å². The van der Waals surface area contributed by atoms with Crippen LogP contribution in [-0.4, -0.2) is 38.0 Å². The third kappa shape index (κ3) is 5.13. The Morgan fingerprint density at radius 2 is 1.68 bits per heavy atom. The Kier molecular flexibility index (Phi) is 6.87. The highest BCUT2D eigenvalue weighted by Gasteiger charge is 2.16. The summed E-state index contributed by atoms with van der Waals surface area (Å²) in [6.07, 6.45) is 0.803. The largest absolute Gasteiger partial charge is 0.355 e. The molecule has 1 N–H and O–H groups in total. The lowest BCUT2D eigenvalue weighted by molar-refractivity contribution is -0.118. The Bertz CT molecular complexity index is 1440. The number of hydrogen-bond donors (Lipinski definition) is 1. The summed E-state index contributed by atoms with van der Waals surface area (Å²) in [5.74, 6) is 0.203. The number of nitrogens with one attached hydrogen (secondary N) is 1. The standard InChI is InChI=1S/C26H22BrN5OS/c27-20-12-10-19(11-13-20)16-32-22-9-5-4-8-21(22)24-25(32)29-26(31-30-24)34-17-23(33)28-15-14-18-6-2-1-3-7-18/h1-13H,14-17H2,(H,28,33). The van der Waals surface area contributed by atoms with E-state index in [2.05, 4.69) is 66.3 Å². The Balaban J connectivity index is 1.32. The van der Waals surface area contributed by atoms with Gasteiger partial charge < -0.3 is 9.88 Å². The molecule has 0 unspecified atom stereocenters. The molecule has 2 aromatic heterocycles. The van der Waals surface area contributed by atoms with Gasteiger partial charge in [0.15, 0.2) is 5.65 Å². The molecular weight excluding hydrogens is 510 g/mol. The van der Waals surface area contributed by atoms with Crippen molar-refractivity contribution in [3.63, 3.8) is 0 Å². The average Bonchev–Trinajstić information content (AvgIpc) is 3.18. The van der Waals surface area contributed by atoms with Crippen molar-refractivity contribution in [1.82, 2.24) is 25.1 Å². The van der Waals surface area contributed by atoms with Crippen molar-refractivity contribution in [3.8, 4) is 0 Å². The number of nitrogens with zero attached hydrogens (tertiary/aromatic N) is 4. The minimum absolute atomic E-state index is 0.0416. The van der Waals surface area contributed by atoms with E-state index in [9.17, 15) is 4.79 Å². The van der Waals surface area contributed by atoms with Gasteiger partial charge in [-0.15, -0.1) is 10.2 Å². The zero-order chi connectivity index (χ0) is 23.3. The Morgan fingerprint density at radius 1 is 0.912 bits per heavy atom. The van der Waals surface area contributed by atoms with Crippen molar-refractivity contribution in [1.29, 1.82) is 0 Å². The second kappa shape index (κ2) is 10.4. The molecule has 3 aromatic carbocycles. The van der Waals surface area contributed by atoms with E-state index in [1.807, 2.05) is 48.5 Å². The maximum atomic E-state index is 12.3. The van der Waals surface area contributed by atoms with Gasteiger partial charge in [0.1, 0.15) is 5.52 Å². The molecule has 0 saturated heterocycles. The summed E-state index contributed by atoms with van der Waals surface area (Å²) in [5, 5.41) is 13.2. The van der Waals surface area contributed by atoms with Crippen molar-refractivity contribution in [2.75, 3.05) is 12.3 Å². The maximum Gasteiger partial charge on any atom is 0.230 e. The first-order valence-corrected chi connectivity index (χ1v) is 12.7. The maximum absolute atomic E-state index is 12.3. The van der Waals surface area contributed by atoms with Crippen LogP contribution in [0.2, 0.25) is 0 Å². The van der Waals surface area contributed by atoms with Gasteiger partial charge in [0.25, 0.3) is 0 Å².